The molecule has 0 radical (unpaired) electrons. The largest absolute Gasteiger partial charge is 0.454 e. The first-order valence-corrected chi connectivity index (χ1v) is 19.5. The first-order chi connectivity index (χ1) is 27.3. The molecule has 258 valence electrons. The van der Waals surface area contributed by atoms with Crippen molar-refractivity contribution in [2.75, 3.05) is 4.90 Å². The lowest BCUT2D eigenvalue weighted by atomic mass is 9.97. The third-order valence-electron chi connectivity index (χ3n) is 10.9. The maximum absolute atomic E-state index is 7.00. The standard InChI is InChI=1S/C52H33NOS/c1-3-12-34(13-4-1)35-22-26-40(27-23-35)53(41-28-24-37(25-29-41)43-19-11-20-45-44-18-9-10-21-49(44)55-52(43)45)47-31-30-42(36-14-5-2-6-15-36)50-46-32-38-16-7-8-17-39(38)33-48(46)54-51(47)50/h1-33H. The van der Waals surface area contributed by atoms with E-state index in [1.54, 1.807) is 0 Å². The highest BCUT2D eigenvalue weighted by Crippen LogP contribution is 2.47. The van der Waals surface area contributed by atoms with Gasteiger partial charge >= 0.3 is 0 Å². The molecule has 11 aromatic rings. The molecule has 2 heterocycles. The SMILES string of the molecule is c1ccc(-c2ccc(N(c3ccc(-c4cccc5c4sc4ccccc45)cc3)c3ccc(-c4ccccc4)c4c3oc3cc5ccccc5cc34)cc2)cc1. The molecule has 0 aliphatic rings. The topological polar surface area (TPSA) is 16.4 Å². The van der Waals surface area contributed by atoms with Crippen LogP contribution in [0.15, 0.2) is 205 Å². The minimum atomic E-state index is 0.859. The fourth-order valence-corrected chi connectivity index (χ4v) is 9.45. The molecule has 2 nitrogen and oxygen atoms in total. The van der Waals surface area contributed by atoms with E-state index in [2.05, 4.69) is 205 Å². The summed E-state index contributed by atoms with van der Waals surface area (Å²) in [5.41, 5.74) is 12.0. The van der Waals surface area contributed by atoms with Crippen molar-refractivity contribution in [2.45, 2.75) is 0 Å². The lowest BCUT2D eigenvalue weighted by molar-refractivity contribution is 0.669. The van der Waals surface area contributed by atoms with Crippen LogP contribution >= 0.6 is 11.3 Å². The number of thiophene rings is 1. The van der Waals surface area contributed by atoms with Crippen LogP contribution in [0.3, 0.4) is 0 Å². The number of furan rings is 1. The molecule has 0 N–H and O–H groups in total. The molecular formula is C52H33NOS. The molecule has 0 spiro atoms. The van der Waals surface area contributed by atoms with Crippen LogP contribution in [0.4, 0.5) is 17.1 Å². The first-order valence-electron chi connectivity index (χ1n) is 18.7. The van der Waals surface area contributed by atoms with Crippen LogP contribution in [-0.4, -0.2) is 0 Å². The van der Waals surface area contributed by atoms with Gasteiger partial charge in [0.1, 0.15) is 5.58 Å². The van der Waals surface area contributed by atoms with Gasteiger partial charge in [0.05, 0.1) is 5.69 Å². The Morgan fingerprint density at radius 1 is 0.400 bits per heavy atom. The third kappa shape index (κ3) is 5.32. The van der Waals surface area contributed by atoms with E-state index in [0.29, 0.717) is 0 Å². The number of hydrogen-bond acceptors (Lipinski definition) is 3. The summed E-state index contributed by atoms with van der Waals surface area (Å²) in [5.74, 6) is 0. The van der Waals surface area contributed by atoms with E-state index in [1.807, 2.05) is 11.3 Å². The number of rotatable bonds is 6. The van der Waals surface area contributed by atoms with E-state index in [1.165, 1.54) is 47.8 Å². The van der Waals surface area contributed by atoms with Gasteiger partial charge < -0.3 is 9.32 Å². The van der Waals surface area contributed by atoms with Gasteiger partial charge in [0.25, 0.3) is 0 Å². The summed E-state index contributed by atoms with van der Waals surface area (Å²) in [4.78, 5) is 2.35. The van der Waals surface area contributed by atoms with Crippen LogP contribution < -0.4 is 4.90 Å². The van der Waals surface area contributed by atoms with Crippen LogP contribution in [0, 0.1) is 0 Å². The monoisotopic (exact) mass is 719 g/mol. The van der Waals surface area contributed by atoms with Crippen molar-refractivity contribution in [2.24, 2.45) is 0 Å². The highest BCUT2D eigenvalue weighted by Gasteiger charge is 2.23. The first kappa shape index (κ1) is 31.6. The normalized spacial score (nSPS) is 11.6. The molecule has 0 saturated carbocycles. The summed E-state index contributed by atoms with van der Waals surface area (Å²) in [5, 5.41) is 7.20. The van der Waals surface area contributed by atoms with Gasteiger partial charge in [-0.2, -0.15) is 0 Å². The summed E-state index contributed by atoms with van der Waals surface area (Å²) in [7, 11) is 0. The lowest BCUT2D eigenvalue weighted by Gasteiger charge is -2.26. The predicted octanol–water partition coefficient (Wildman–Crippen LogP) is 15.6. The zero-order valence-corrected chi connectivity index (χ0v) is 30.6. The lowest BCUT2D eigenvalue weighted by Crippen LogP contribution is -2.10. The second-order valence-electron chi connectivity index (χ2n) is 14.1. The molecule has 0 unspecified atom stereocenters. The van der Waals surface area contributed by atoms with Crippen molar-refractivity contribution in [3.8, 4) is 33.4 Å². The van der Waals surface area contributed by atoms with Gasteiger partial charge in [0.2, 0.25) is 0 Å². The van der Waals surface area contributed by atoms with Gasteiger partial charge in [-0.05, 0) is 92.7 Å². The van der Waals surface area contributed by atoms with Crippen molar-refractivity contribution >= 4 is 81.3 Å². The molecule has 0 saturated heterocycles. The van der Waals surface area contributed by atoms with Crippen LogP contribution in [0.2, 0.25) is 0 Å². The van der Waals surface area contributed by atoms with Gasteiger partial charge in [0.15, 0.2) is 5.58 Å². The number of nitrogens with zero attached hydrogens (tertiary/aromatic N) is 1. The maximum atomic E-state index is 7.00. The zero-order valence-electron chi connectivity index (χ0n) is 29.8. The molecule has 11 rings (SSSR count). The predicted molar refractivity (Wildman–Crippen MR) is 235 cm³/mol. The van der Waals surface area contributed by atoms with Gasteiger partial charge in [-0.25, -0.2) is 0 Å². The molecule has 55 heavy (non-hydrogen) atoms. The van der Waals surface area contributed by atoms with Gasteiger partial charge in [-0.1, -0.05) is 152 Å². The average Bonchev–Trinajstić information content (AvgIpc) is 3.83. The van der Waals surface area contributed by atoms with E-state index < -0.39 is 0 Å². The smallest absolute Gasteiger partial charge is 0.160 e. The van der Waals surface area contributed by atoms with E-state index in [-0.39, 0.29) is 0 Å². The molecule has 0 fully saturated rings. The second kappa shape index (κ2) is 12.9. The summed E-state index contributed by atoms with van der Waals surface area (Å²) in [6.07, 6.45) is 0. The molecule has 0 bridgehead atoms. The second-order valence-corrected chi connectivity index (χ2v) is 15.1. The highest BCUT2D eigenvalue weighted by molar-refractivity contribution is 7.26. The number of benzene rings is 9. The number of anilines is 3. The van der Waals surface area contributed by atoms with Crippen LogP contribution in [0.5, 0.6) is 0 Å². The van der Waals surface area contributed by atoms with Crippen molar-refractivity contribution < 1.29 is 4.42 Å². The summed E-state index contributed by atoms with van der Waals surface area (Å²) in [6, 6.07) is 72.0. The van der Waals surface area contributed by atoms with Crippen LogP contribution in [0.1, 0.15) is 0 Å². The quantitative estimate of drug-likeness (QED) is 0.170. The van der Waals surface area contributed by atoms with Gasteiger partial charge in [-0.15, -0.1) is 11.3 Å². The molecule has 2 aromatic heterocycles. The number of hydrogen-bond donors (Lipinski definition) is 0. The van der Waals surface area contributed by atoms with Crippen LogP contribution in [-0.2, 0) is 0 Å². The van der Waals surface area contributed by atoms with Gasteiger partial charge in [0, 0.05) is 42.3 Å². The summed E-state index contributed by atoms with van der Waals surface area (Å²) >= 11 is 1.87. The van der Waals surface area contributed by atoms with Crippen molar-refractivity contribution in [1.29, 1.82) is 0 Å². The molecule has 0 amide bonds. The summed E-state index contributed by atoms with van der Waals surface area (Å²) < 4.78 is 9.63. The van der Waals surface area contributed by atoms with E-state index in [0.717, 1.165) is 55.5 Å². The minimum Gasteiger partial charge on any atom is -0.454 e. The Labute approximate surface area is 322 Å². The van der Waals surface area contributed by atoms with E-state index in [9.17, 15) is 0 Å². The van der Waals surface area contributed by atoms with E-state index >= 15 is 0 Å². The molecule has 3 heteroatoms. The zero-order chi connectivity index (χ0) is 36.3. The van der Waals surface area contributed by atoms with E-state index in [4.69, 9.17) is 4.42 Å². The Morgan fingerprint density at radius 2 is 0.982 bits per heavy atom. The molecular weight excluding hydrogens is 687 g/mol. The maximum Gasteiger partial charge on any atom is 0.160 e. The summed E-state index contributed by atoms with van der Waals surface area (Å²) in [6.45, 7) is 0. The van der Waals surface area contributed by atoms with Crippen molar-refractivity contribution in [3.05, 3.63) is 200 Å². The molecule has 0 atom stereocenters. The average molecular weight is 720 g/mol. The van der Waals surface area contributed by atoms with Gasteiger partial charge in [-0.3, -0.25) is 0 Å². The molecule has 0 aliphatic heterocycles. The fraction of sp³-hybridized carbons (Fsp3) is 0. The third-order valence-corrected chi connectivity index (χ3v) is 12.1. The highest BCUT2D eigenvalue weighted by atomic mass is 32.1. The Kier molecular flexibility index (Phi) is 7.39. The van der Waals surface area contributed by atoms with Crippen molar-refractivity contribution in [1.82, 2.24) is 0 Å². The molecule has 0 aliphatic carbocycles. The minimum absolute atomic E-state index is 0.859. The Morgan fingerprint density at radius 3 is 1.73 bits per heavy atom. The fourth-order valence-electron chi connectivity index (χ4n) is 8.21. The Bertz CT molecular complexity index is 3180. The molecule has 9 aromatic carbocycles. The number of fused-ring (bicyclic) bond motifs is 7. The Balaban J connectivity index is 1.12. The van der Waals surface area contributed by atoms with Crippen molar-refractivity contribution in [3.63, 3.8) is 0 Å². The Hall–Kier alpha value is -6.94. The van der Waals surface area contributed by atoms with Crippen LogP contribution in [0.25, 0.3) is 86.3 Å².